The molecule has 7 N–H and O–H groups in total. The van der Waals surface area contributed by atoms with Crippen LogP contribution in [0.15, 0.2) is 0 Å². The molecule has 0 radical (unpaired) electrons. The summed E-state index contributed by atoms with van der Waals surface area (Å²) < 4.78 is 0. The van der Waals surface area contributed by atoms with Crippen LogP contribution in [0.25, 0.3) is 0 Å². The highest BCUT2D eigenvalue weighted by Crippen LogP contribution is 1.83. The van der Waals surface area contributed by atoms with E-state index in [0.717, 1.165) is 0 Å². The van der Waals surface area contributed by atoms with Crippen LogP contribution in [0.2, 0.25) is 0 Å². The Morgan fingerprint density at radius 1 is 1.78 bits per heavy atom. The van der Waals surface area contributed by atoms with E-state index < -0.39 is 6.04 Å². The van der Waals surface area contributed by atoms with Crippen LogP contribution in [0.3, 0.4) is 0 Å². The Kier molecular flexibility index (Phi) is 3.94. The van der Waals surface area contributed by atoms with Gasteiger partial charge in [0, 0.05) is 0 Å². The molecular weight excluding hydrogens is 122 g/mol. The second-order valence-corrected chi connectivity index (χ2v) is 1.74. The summed E-state index contributed by atoms with van der Waals surface area (Å²) in [5.41, 5.74) is 7.17. The minimum Gasteiger partial charge on any atom is -0.444 e. The first kappa shape index (κ1) is 8.35. The van der Waals surface area contributed by atoms with Gasteiger partial charge in [-0.15, -0.1) is 0 Å². The average Bonchev–Trinajstić information content (AvgIpc) is 1.87. The predicted octanol–water partition coefficient (Wildman–Crippen LogP) is -2.58. The van der Waals surface area contributed by atoms with Gasteiger partial charge in [-0.05, 0) is 0 Å². The Morgan fingerprint density at radius 3 is 2.67 bits per heavy atom. The van der Waals surface area contributed by atoms with Crippen molar-refractivity contribution in [3.63, 3.8) is 0 Å². The van der Waals surface area contributed by atoms with Crippen LogP contribution < -0.4 is 17.0 Å². The quantitative estimate of drug-likeness (QED) is 0.171. The molecule has 0 aromatic rings. The summed E-state index contributed by atoms with van der Waals surface area (Å²) in [6.07, 6.45) is 0.125. The molecular formula is C4H12N3O2+. The number of nitrogens with one attached hydrogen (secondary N) is 1. The molecule has 5 heteroatoms. The summed E-state index contributed by atoms with van der Waals surface area (Å²) in [7, 11) is 0. The fraction of sp³-hybridized carbons (Fsp3) is 0.750. The Hall–Kier alpha value is -0.650. The Labute approximate surface area is 53.0 Å². The van der Waals surface area contributed by atoms with E-state index in [1.165, 1.54) is 0 Å². The first-order chi connectivity index (χ1) is 4.20. The summed E-state index contributed by atoms with van der Waals surface area (Å²) in [4.78, 5) is 10.4. The van der Waals surface area contributed by atoms with Crippen LogP contribution in [-0.4, -0.2) is 23.7 Å². The number of carbonyl (C=O) groups excluding carboxylic acids is 1. The lowest BCUT2D eigenvalue weighted by molar-refractivity contribution is -0.121. The van der Waals surface area contributed by atoms with E-state index >= 15 is 0 Å². The van der Waals surface area contributed by atoms with Gasteiger partial charge in [0.1, 0.15) is 0 Å². The molecule has 1 atom stereocenters. The van der Waals surface area contributed by atoms with E-state index in [-0.39, 0.29) is 18.9 Å². The van der Waals surface area contributed by atoms with Gasteiger partial charge < -0.3 is 10.8 Å². The van der Waals surface area contributed by atoms with Crippen LogP contribution in [0.4, 0.5) is 0 Å². The van der Waals surface area contributed by atoms with Crippen LogP contribution in [0.1, 0.15) is 6.42 Å². The zero-order valence-electron chi connectivity index (χ0n) is 5.05. The third kappa shape index (κ3) is 3.89. The van der Waals surface area contributed by atoms with Gasteiger partial charge in [-0.3, -0.25) is 10.2 Å². The molecule has 54 valence electrons. The number of hydrogen-bond acceptors (Lipinski definition) is 3. The molecule has 0 aliphatic rings. The van der Waals surface area contributed by atoms with Crippen molar-refractivity contribution in [1.29, 1.82) is 0 Å². The van der Waals surface area contributed by atoms with Crippen LogP contribution in [0.5, 0.6) is 0 Å². The highest BCUT2D eigenvalue weighted by molar-refractivity contribution is 5.75. The Balaban J connectivity index is 3.34. The van der Waals surface area contributed by atoms with Gasteiger partial charge in [0.15, 0.2) is 6.61 Å². The molecule has 0 saturated heterocycles. The summed E-state index contributed by atoms with van der Waals surface area (Å²) in [6, 6.07) is -0.395. The Bertz CT molecular complexity index is 95.8. The van der Waals surface area contributed by atoms with Gasteiger partial charge in [-0.25, -0.2) is 5.84 Å². The first-order valence-electron chi connectivity index (χ1n) is 2.60. The van der Waals surface area contributed by atoms with Crippen LogP contribution >= 0.6 is 0 Å². The van der Waals surface area contributed by atoms with E-state index in [4.69, 9.17) is 16.7 Å². The lowest BCUT2D eigenvalue weighted by Gasteiger charge is -2.02. The van der Waals surface area contributed by atoms with Crippen molar-refractivity contribution in [2.24, 2.45) is 11.6 Å². The zero-order valence-corrected chi connectivity index (χ0v) is 5.05. The van der Waals surface area contributed by atoms with Crippen molar-refractivity contribution in [3.8, 4) is 0 Å². The number of hydrazine groups is 1. The lowest BCUT2D eigenvalue weighted by Crippen LogP contribution is -2.37. The zero-order chi connectivity index (χ0) is 7.28. The molecule has 0 aliphatic heterocycles. The maximum atomic E-state index is 10.4. The maximum Gasteiger partial charge on any atom is 0.235 e. The van der Waals surface area contributed by atoms with E-state index in [2.05, 4.69) is 0 Å². The van der Waals surface area contributed by atoms with Gasteiger partial charge in [-0.1, -0.05) is 0 Å². The van der Waals surface area contributed by atoms with Crippen molar-refractivity contribution in [2.45, 2.75) is 12.5 Å². The standard InChI is InChI=1S/C4H11N3O2/c5-3(2-8)1-4(9)7-6/h3,8H,1-2,5-6H2,(H,7,9)/p+1. The molecule has 0 heterocycles. The largest absolute Gasteiger partial charge is 0.444 e. The highest BCUT2D eigenvalue weighted by atomic mass is 16.3. The minimum atomic E-state index is -0.395. The molecule has 0 rings (SSSR count). The van der Waals surface area contributed by atoms with E-state index in [1.807, 2.05) is 5.43 Å². The number of carbonyl (C=O) groups is 1. The maximum absolute atomic E-state index is 10.4. The van der Waals surface area contributed by atoms with Gasteiger partial charge in [0.2, 0.25) is 5.91 Å². The molecule has 0 saturated carbocycles. The first-order valence-corrected chi connectivity index (χ1v) is 2.60. The predicted molar refractivity (Wildman–Crippen MR) is 33.4 cm³/mol. The van der Waals surface area contributed by atoms with E-state index in [0.29, 0.717) is 0 Å². The Morgan fingerprint density at radius 2 is 2.33 bits per heavy atom. The van der Waals surface area contributed by atoms with Gasteiger partial charge in [0.25, 0.3) is 0 Å². The smallest absolute Gasteiger partial charge is 0.235 e. The number of amides is 1. The molecule has 9 heavy (non-hydrogen) atoms. The third-order valence-corrected chi connectivity index (χ3v) is 0.871. The molecule has 0 spiro atoms. The summed E-state index contributed by atoms with van der Waals surface area (Å²) in [5, 5.41) is 6.73. The molecule has 0 aromatic carbocycles. The highest BCUT2D eigenvalue weighted by Gasteiger charge is 2.07. The fourth-order valence-corrected chi connectivity index (χ4v) is 0.369. The van der Waals surface area contributed by atoms with Gasteiger partial charge in [-0.2, -0.15) is 0 Å². The molecule has 0 bridgehead atoms. The molecule has 1 amide bonds. The van der Waals surface area contributed by atoms with E-state index in [9.17, 15) is 4.79 Å². The van der Waals surface area contributed by atoms with Crippen LogP contribution in [0, 0.1) is 0 Å². The molecule has 0 fully saturated rings. The monoisotopic (exact) mass is 134 g/mol. The minimum absolute atomic E-state index is 0.0490. The van der Waals surface area contributed by atoms with Crippen molar-refractivity contribution >= 4 is 5.91 Å². The van der Waals surface area contributed by atoms with Crippen molar-refractivity contribution in [1.82, 2.24) is 5.43 Å². The summed E-state index contributed by atoms with van der Waals surface area (Å²) in [5.74, 6) is 4.43. The second-order valence-electron chi connectivity index (χ2n) is 1.74. The lowest BCUT2D eigenvalue weighted by atomic mass is 10.2. The molecule has 5 nitrogen and oxygen atoms in total. The van der Waals surface area contributed by atoms with Crippen molar-refractivity contribution in [2.75, 3.05) is 6.61 Å². The number of hydrogen-bond donors (Lipinski definition) is 3. The normalized spacial score (nSPS) is 12.8. The van der Waals surface area contributed by atoms with Crippen molar-refractivity contribution in [3.05, 3.63) is 0 Å². The fourth-order valence-electron chi connectivity index (χ4n) is 0.369. The van der Waals surface area contributed by atoms with Crippen molar-refractivity contribution < 1.29 is 9.90 Å². The van der Waals surface area contributed by atoms with Crippen LogP contribution in [-0.2, 0) is 4.79 Å². The second kappa shape index (κ2) is 4.25. The van der Waals surface area contributed by atoms with E-state index in [1.54, 1.807) is 0 Å². The van der Waals surface area contributed by atoms with Gasteiger partial charge >= 0.3 is 0 Å². The summed E-state index contributed by atoms with van der Waals surface area (Å²) >= 11 is 0. The number of nitrogens with two attached hydrogens (primary N) is 2. The molecule has 1 unspecified atom stereocenters. The third-order valence-electron chi connectivity index (χ3n) is 0.871. The average molecular weight is 134 g/mol. The number of rotatable bonds is 3. The topological polar surface area (TPSA) is 104 Å². The van der Waals surface area contributed by atoms with Gasteiger partial charge in [0.05, 0.1) is 12.5 Å². The molecule has 0 aromatic heterocycles. The summed E-state index contributed by atoms with van der Waals surface area (Å²) in [6.45, 7) is 0.0490. The molecule has 0 aliphatic carbocycles. The SMILES string of the molecule is NNC(=O)CC(N)C[OH2+].